The SMILES string of the molecule is CCC(C)C(NC(=O)C1CCCN1)C(=O)NC(Cc1ccc(O)cc1)C(=O)NC(Cc1c[nH]c2ccccc12)C(=O)O. The number of carbonyl (C=O) groups is 4. The largest absolute Gasteiger partial charge is 0.508 e. The average molecular weight is 578 g/mol. The van der Waals surface area contributed by atoms with Crippen molar-refractivity contribution in [3.63, 3.8) is 0 Å². The standard InChI is InChI=1S/C31H39N5O6/c1-3-18(2)27(36-28(38)24-9-6-14-32-24)30(40)34-25(15-19-10-12-21(37)13-11-19)29(39)35-26(31(41)42)16-20-17-33-23-8-5-4-7-22(20)23/h4-5,7-8,10-13,17-18,24-27,32-33,37H,3,6,9,14-16H2,1-2H3,(H,34,40)(H,35,39)(H,36,38)(H,41,42). The van der Waals surface area contributed by atoms with E-state index in [-0.39, 0.29) is 36.5 Å². The third-order valence-corrected chi connectivity index (χ3v) is 7.89. The van der Waals surface area contributed by atoms with Gasteiger partial charge in [0.2, 0.25) is 17.7 Å². The Morgan fingerprint density at radius 3 is 2.33 bits per heavy atom. The van der Waals surface area contributed by atoms with Gasteiger partial charge < -0.3 is 36.5 Å². The third-order valence-electron chi connectivity index (χ3n) is 7.89. The lowest BCUT2D eigenvalue weighted by atomic mass is 9.96. The molecule has 7 N–H and O–H groups in total. The summed E-state index contributed by atoms with van der Waals surface area (Å²) in [6.07, 6.45) is 3.96. The number of para-hydroxylation sites is 1. The van der Waals surface area contributed by atoms with E-state index in [4.69, 9.17) is 0 Å². The molecule has 3 amide bonds. The summed E-state index contributed by atoms with van der Waals surface area (Å²) in [6, 6.07) is 10.0. The highest BCUT2D eigenvalue weighted by Gasteiger charge is 2.34. The minimum Gasteiger partial charge on any atom is -0.508 e. The fourth-order valence-corrected chi connectivity index (χ4v) is 5.20. The monoisotopic (exact) mass is 577 g/mol. The molecule has 2 aromatic carbocycles. The molecule has 3 aromatic rings. The second kappa shape index (κ2) is 14.0. The van der Waals surface area contributed by atoms with Gasteiger partial charge >= 0.3 is 5.97 Å². The predicted octanol–water partition coefficient (Wildman–Crippen LogP) is 2.00. The summed E-state index contributed by atoms with van der Waals surface area (Å²) >= 11 is 0. The number of aromatic nitrogens is 1. The van der Waals surface area contributed by atoms with Gasteiger partial charge in [0.15, 0.2) is 0 Å². The van der Waals surface area contributed by atoms with Crippen LogP contribution in [0.3, 0.4) is 0 Å². The maximum Gasteiger partial charge on any atom is 0.326 e. The van der Waals surface area contributed by atoms with E-state index in [1.54, 1.807) is 18.3 Å². The number of hydrogen-bond donors (Lipinski definition) is 7. The number of aromatic amines is 1. The molecule has 5 unspecified atom stereocenters. The van der Waals surface area contributed by atoms with Crippen molar-refractivity contribution in [2.75, 3.05) is 6.54 Å². The number of carboxylic acid groups (broad SMARTS) is 1. The molecule has 0 aliphatic carbocycles. The summed E-state index contributed by atoms with van der Waals surface area (Å²) in [5.41, 5.74) is 2.24. The number of phenolic OH excluding ortho intramolecular Hbond substituents is 1. The van der Waals surface area contributed by atoms with Gasteiger partial charge in [0, 0.05) is 29.9 Å². The summed E-state index contributed by atoms with van der Waals surface area (Å²) in [6.45, 7) is 4.49. The van der Waals surface area contributed by atoms with Crippen LogP contribution in [0.15, 0.2) is 54.7 Å². The molecule has 0 bridgehead atoms. The number of benzene rings is 2. The Balaban J connectivity index is 1.54. The fourth-order valence-electron chi connectivity index (χ4n) is 5.20. The molecule has 4 rings (SSSR count). The lowest BCUT2D eigenvalue weighted by molar-refractivity contribution is -0.142. The zero-order valence-electron chi connectivity index (χ0n) is 23.9. The number of carbonyl (C=O) groups excluding carboxylic acids is 3. The van der Waals surface area contributed by atoms with Crippen LogP contribution in [0.4, 0.5) is 0 Å². The highest BCUT2D eigenvalue weighted by atomic mass is 16.4. The maximum atomic E-state index is 13.6. The van der Waals surface area contributed by atoms with Crippen molar-refractivity contribution in [1.82, 2.24) is 26.3 Å². The zero-order valence-corrected chi connectivity index (χ0v) is 23.9. The van der Waals surface area contributed by atoms with Gasteiger partial charge in [-0.1, -0.05) is 50.6 Å². The molecule has 1 aromatic heterocycles. The van der Waals surface area contributed by atoms with E-state index >= 15 is 0 Å². The number of phenols is 1. The van der Waals surface area contributed by atoms with Gasteiger partial charge in [-0.3, -0.25) is 14.4 Å². The molecule has 42 heavy (non-hydrogen) atoms. The van der Waals surface area contributed by atoms with Crippen LogP contribution in [0.1, 0.15) is 44.2 Å². The van der Waals surface area contributed by atoms with E-state index in [1.807, 2.05) is 38.1 Å². The van der Waals surface area contributed by atoms with Crippen molar-refractivity contribution in [3.8, 4) is 5.75 Å². The second-order valence-electron chi connectivity index (χ2n) is 10.9. The Bertz CT molecular complexity index is 1400. The summed E-state index contributed by atoms with van der Waals surface area (Å²) < 4.78 is 0. The first-order valence-corrected chi connectivity index (χ1v) is 14.4. The summed E-state index contributed by atoms with van der Waals surface area (Å²) in [4.78, 5) is 55.4. The summed E-state index contributed by atoms with van der Waals surface area (Å²) in [5.74, 6) is -2.85. The van der Waals surface area contributed by atoms with Crippen molar-refractivity contribution < 1.29 is 29.4 Å². The number of nitrogens with one attached hydrogen (secondary N) is 5. The minimum absolute atomic E-state index is 0.0326. The van der Waals surface area contributed by atoms with Crippen LogP contribution in [0.2, 0.25) is 0 Å². The van der Waals surface area contributed by atoms with E-state index in [1.165, 1.54) is 12.1 Å². The predicted molar refractivity (Wildman–Crippen MR) is 158 cm³/mol. The van der Waals surface area contributed by atoms with E-state index in [0.29, 0.717) is 18.4 Å². The second-order valence-corrected chi connectivity index (χ2v) is 10.9. The van der Waals surface area contributed by atoms with Gasteiger partial charge in [0.25, 0.3) is 0 Å². The number of aliphatic carboxylic acids is 1. The fraction of sp³-hybridized carbons (Fsp3) is 0.419. The van der Waals surface area contributed by atoms with Gasteiger partial charge in [-0.25, -0.2) is 4.79 Å². The molecule has 1 aliphatic rings. The smallest absolute Gasteiger partial charge is 0.326 e. The lowest BCUT2D eigenvalue weighted by Gasteiger charge is -2.28. The quantitative estimate of drug-likeness (QED) is 0.163. The molecule has 11 nitrogen and oxygen atoms in total. The van der Waals surface area contributed by atoms with Gasteiger partial charge in [0.1, 0.15) is 23.9 Å². The molecule has 1 aliphatic heterocycles. The van der Waals surface area contributed by atoms with Crippen LogP contribution >= 0.6 is 0 Å². The van der Waals surface area contributed by atoms with E-state index in [0.717, 1.165) is 29.4 Å². The number of aromatic hydroxyl groups is 1. The molecule has 224 valence electrons. The molecule has 1 saturated heterocycles. The van der Waals surface area contributed by atoms with E-state index < -0.39 is 35.9 Å². The summed E-state index contributed by atoms with van der Waals surface area (Å²) in [7, 11) is 0. The van der Waals surface area contributed by atoms with E-state index in [9.17, 15) is 29.4 Å². The van der Waals surface area contributed by atoms with Crippen LogP contribution < -0.4 is 21.3 Å². The van der Waals surface area contributed by atoms with Crippen LogP contribution in [0, 0.1) is 5.92 Å². The highest BCUT2D eigenvalue weighted by Crippen LogP contribution is 2.20. The van der Waals surface area contributed by atoms with Gasteiger partial charge in [-0.15, -0.1) is 0 Å². The molecule has 1 fully saturated rings. The highest BCUT2D eigenvalue weighted by molar-refractivity contribution is 5.94. The van der Waals surface area contributed by atoms with Crippen molar-refractivity contribution in [2.45, 2.75) is 70.1 Å². The zero-order chi connectivity index (χ0) is 30.2. The maximum absolute atomic E-state index is 13.6. The molecule has 0 saturated carbocycles. The van der Waals surface area contributed by atoms with E-state index in [2.05, 4.69) is 26.3 Å². The molecular formula is C31H39N5O6. The normalized spacial score (nSPS) is 17.6. The van der Waals surface area contributed by atoms with Crippen molar-refractivity contribution in [3.05, 3.63) is 65.9 Å². The van der Waals surface area contributed by atoms with Crippen molar-refractivity contribution in [1.29, 1.82) is 0 Å². The van der Waals surface area contributed by atoms with Crippen LogP contribution in [-0.2, 0) is 32.0 Å². The number of amides is 3. The number of hydrogen-bond acceptors (Lipinski definition) is 6. The van der Waals surface area contributed by atoms with Crippen LogP contribution in [0.25, 0.3) is 10.9 Å². The van der Waals surface area contributed by atoms with Crippen molar-refractivity contribution >= 4 is 34.6 Å². The first-order valence-electron chi connectivity index (χ1n) is 14.4. The number of rotatable bonds is 13. The Labute approximate surface area is 244 Å². The van der Waals surface area contributed by atoms with Gasteiger partial charge in [-0.2, -0.15) is 0 Å². The molecule has 0 radical (unpaired) electrons. The summed E-state index contributed by atoms with van der Waals surface area (Å²) in [5, 5.41) is 31.9. The third kappa shape index (κ3) is 7.67. The van der Waals surface area contributed by atoms with Crippen LogP contribution in [-0.4, -0.2) is 69.6 Å². The topological polar surface area (TPSA) is 173 Å². The number of H-pyrrole nitrogens is 1. The molecule has 5 atom stereocenters. The first-order chi connectivity index (χ1) is 20.2. The Morgan fingerprint density at radius 1 is 0.952 bits per heavy atom. The Hall–Kier alpha value is -4.38. The van der Waals surface area contributed by atoms with Gasteiger partial charge in [-0.05, 0) is 54.6 Å². The number of carboxylic acids is 1. The first kappa shape index (κ1) is 30.6. The molecule has 0 spiro atoms. The lowest BCUT2D eigenvalue weighted by Crippen LogP contribution is -2.59. The average Bonchev–Trinajstić information content (AvgIpc) is 3.66. The Kier molecular flexibility index (Phi) is 10.2. The molecule has 2 heterocycles. The van der Waals surface area contributed by atoms with Crippen molar-refractivity contribution in [2.24, 2.45) is 5.92 Å². The molecule has 11 heteroatoms. The van der Waals surface area contributed by atoms with Gasteiger partial charge in [0.05, 0.1) is 6.04 Å². The molecular weight excluding hydrogens is 538 g/mol. The number of fused-ring (bicyclic) bond motifs is 1. The van der Waals surface area contributed by atoms with Crippen LogP contribution in [0.5, 0.6) is 5.75 Å². The Morgan fingerprint density at radius 2 is 1.67 bits per heavy atom. The minimum atomic E-state index is -1.26.